The Morgan fingerprint density at radius 2 is 1.44 bits per heavy atom. The van der Waals surface area contributed by atoms with Gasteiger partial charge in [-0.2, -0.15) is 0 Å². The van der Waals surface area contributed by atoms with Crippen molar-refractivity contribution < 1.29 is 19.1 Å². The third-order valence-corrected chi connectivity index (χ3v) is 4.56. The lowest BCUT2D eigenvalue weighted by molar-refractivity contribution is -0.146. The highest BCUT2D eigenvalue weighted by molar-refractivity contribution is 6.17. The van der Waals surface area contributed by atoms with Crippen LogP contribution in [0.15, 0.2) is 29.8 Å². The molecule has 0 aromatic heterocycles. The van der Waals surface area contributed by atoms with Crippen LogP contribution in [0.25, 0.3) is 6.08 Å². The Bertz CT molecular complexity index is 573. The molecule has 0 atom stereocenters. The summed E-state index contributed by atoms with van der Waals surface area (Å²) < 4.78 is 9.94. The zero-order valence-corrected chi connectivity index (χ0v) is 15.3. The van der Waals surface area contributed by atoms with Crippen LogP contribution in [0.4, 0.5) is 0 Å². The van der Waals surface area contributed by atoms with E-state index in [4.69, 9.17) is 9.47 Å². The molecule has 2 rings (SSSR count). The molecule has 1 fully saturated rings. The molecular weight excluding hydrogens is 316 g/mol. The first-order valence-corrected chi connectivity index (χ1v) is 9.31. The standard InChI is InChI=1S/C21H28O4/c1-3-24-20(22)19(21(23)25-4-2)15-16-11-13-18(14-12-16)17-9-7-5-6-8-10-17/h11-15,17H,3-10H2,1-2H3. The molecule has 1 saturated carbocycles. The first kappa shape index (κ1) is 19.2. The van der Waals surface area contributed by atoms with E-state index in [1.54, 1.807) is 19.9 Å². The summed E-state index contributed by atoms with van der Waals surface area (Å²) in [6.45, 7) is 3.86. The van der Waals surface area contributed by atoms with Gasteiger partial charge in [0.25, 0.3) is 0 Å². The summed E-state index contributed by atoms with van der Waals surface area (Å²) in [5, 5.41) is 0. The average molecular weight is 344 g/mol. The van der Waals surface area contributed by atoms with E-state index in [1.807, 2.05) is 12.1 Å². The molecule has 136 valence electrons. The second-order valence-electron chi connectivity index (χ2n) is 6.35. The van der Waals surface area contributed by atoms with Gasteiger partial charge in [0.1, 0.15) is 5.57 Å². The summed E-state index contributed by atoms with van der Waals surface area (Å²) in [4.78, 5) is 24.0. The number of esters is 2. The monoisotopic (exact) mass is 344 g/mol. The highest BCUT2D eigenvalue weighted by Crippen LogP contribution is 2.31. The van der Waals surface area contributed by atoms with Crippen molar-refractivity contribution in [1.29, 1.82) is 0 Å². The fraction of sp³-hybridized carbons (Fsp3) is 0.524. The highest BCUT2D eigenvalue weighted by atomic mass is 16.6. The summed E-state index contributed by atoms with van der Waals surface area (Å²) >= 11 is 0. The number of ether oxygens (including phenoxy) is 2. The highest BCUT2D eigenvalue weighted by Gasteiger charge is 2.21. The van der Waals surface area contributed by atoms with Gasteiger partial charge >= 0.3 is 11.9 Å². The van der Waals surface area contributed by atoms with Gasteiger partial charge in [-0.25, -0.2) is 9.59 Å². The second kappa shape index (κ2) is 10.0. The minimum atomic E-state index is -0.645. The fourth-order valence-electron chi connectivity index (χ4n) is 3.26. The van der Waals surface area contributed by atoms with E-state index in [-0.39, 0.29) is 18.8 Å². The van der Waals surface area contributed by atoms with Crippen molar-refractivity contribution in [3.8, 4) is 0 Å². The third kappa shape index (κ3) is 5.73. The van der Waals surface area contributed by atoms with Crippen molar-refractivity contribution in [2.24, 2.45) is 0 Å². The van der Waals surface area contributed by atoms with E-state index in [9.17, 15) is 9.59 Å². The summed E-state index contributed by atoms with van der Waals surface area (Å²) in [7, 11) is 0. The molecule has 0 unspecified atom stereocenters. The molecule has 4 nitrogen and oxygen atoms in total. The van der Waals surface area contributed by atoms with Crippen LogP contribution >= 0.6 is 0 Å². The van der Waals surface area contributed by atoms with Gasteiger partial charge in [0, 0.05) is 0 Å². The summed E-state index contributed by atoms with van der Waals surface area (Å²) in [6.07, 6.45) is 9.29. The van der Waals surface area contributed by atoms with Crippen LogP contribution in [0.1, 0.15) is 69.4 Å². The van der Waals surface area contributed by atoms with E-state index in [2.05, 4.69) is 12.1 Å². The molecule has 0 heterocycles. The van der Waals surface area contributed by atoms with Crippen molar-refractivity contribution >= 4 is 18.0 Å². The van der Waals surface area contributed by atoms with Crippen molar-refractivity contribution in [2.75, 3.05) is 13.2 Å². The van der Waals surface area contributed by atoms with Gasteiger partial charge in [-0.3, -0.25) is 0 Å². The molecule has 0 bridgehead atoms. The maximum Gasteiger partial charge on any atom is 0.345 e. The molecule has 1 aliphatic carbocycles. The summed E-state index contributed by atoms with van der Waals surface area (Å²) in [5.74, 6) is -0.669. The van der Waals surface area contributed by atoms with Gasteiger partial charge < -0.3 is 9.47 Å². The Morgan fingerprint density at radius 3 is 1.92 bits per heavy atom. The molecule has 1 aromatic rings. The molecule has 4 heteroatoms. The largest absolute Gasteiger partial charge is 0.462 e. The van der Waals surface area contributed by atoms with Crippen molar-refractivity contribution in [3.05, 3.63) is 41.0 Å². The molecule has 0 N–H and O–H groups in total. The van der Waals surface area contributed by atoms with Crippen LogP contribution < -0.4 is 0 Å². The van der Waals surface area contributed by atoms with Gasteiger partial charge in [-0.15, -0.1) is 0 Å². The van der Waals surface area contributed by atoms with Crippen LogP contribution in [0.5, 0.6) is 0 Å². The lowest BCUT2D eigenvalue weighted by Gasteiger charge is -2.14. The Balaban J connectivity index is 2.17. The van der Waals surface area contributed by atoms with E-state index < -0.39 is 11.9 Å². The number of carbonyl (C=O) groups excluding carboxylic acids is 2. The number of rotatable bonds is 6. The predicted molar refractivity (Wildman–Crippen MR) is 98.1 cm³/mol. The first-order valence-electron chi connectivity index (χ1n) is 9.31. The number of carbonyl (C=O) groups is 2. The molecule has 1 aliphatic rings. The molecule has 0 radical (unpaired) electrons. The van der Waals surface area contributed by atoms with E-state index in [1.165, 1.54) is 44.1 Å². The lowest BCUT2D eigenvalue weighted by Crippen LogP contribution is -2.18. The predicted octanol–water partition coefficient (Wildman–Crippen LogP) is 4.63. The molecule has 0 aliphatic heterocycles. The fourth-order valence-corrected chi connectivity index (χ4v) is 3.26. The normalized spacial score (nSPS) is 15.1. The Labute approximate surface area is 150 Å². The molecule has 0 spiro atoms. The number of hydrogen-bond acceptors (Lipinski definition) is 4. The summed E-state index contributed by atoms with van der Waals surface area (Å²) in [5.41, 5.74) is 2.08. The van der Waals surface area contributed by atoms with Gasteiger partial charge in [-0.1, -0.05) is 49.9 Å². The van der Waals surface area contributed by atoms with Crippen molar-refractivity contribution in [2.45, 2.75) is 58.3 Å². The maximum atomic E-state index is 12.0. The van der Waals surface area contributed by atoms with Gasteiger partial charge in [0.05, 0.1) is 13.2 Å². The minimum Gasteiger partial charge on any atom is -0.462 e. The van der Waals surface area contributed by atoms with E-state index in [0.29, 0.717) is 5.92 Å². The Morgan fingerprint density at radius 1 is 0.920 bits per heavy atom. The molecule has 25 heavy (non-hydrogen) atoms. The van der Waals surface area contributed by atoms with E-state index in [0.717, 1.165) is 5.56 Å². The third-order valence-electron chi connectivity index (χ3n) is 4.56. The Hall–Kier alpha value is -2.10. The van der Waals surface area contributed by atoms with Crippen LogP contribution in [0.3, 0.4) is 0 Å². The zero-order chi connectivity index (χ0) is 18.1. The second-order valence-corrected chi connectivity index (χ2v) is 6.35. The van der Waals surface area contributed by atoms with Crippen LogP contribution in [-0.4, -0.2) is 25.2 Å². The molecular formula is C21H28O4. The van der Waals surface area contributed by atoms with Crippen LogP contribution in [0, 0.1) is 0 Å². The zero-order valence-electron chi connectivity index (χ0n) is 15.3. The summed E-state index contributed by atoms with van der Waals surface area (Å²) in [6, 6.07) is 8.13. The lowest BCUT2D eigenvalue weighted by atomic mass is 9.91. The topological polar surface area (TPSA) is 52.6 Å². The van der Waals surface area contributed by atoms with E-state index >= 15 is 0 Å². The maximum absolute atomic E-state index is 12.0. The number of hydrogen-bond donors (Lipinski definition) is 0. The SMILES string of the molecule is CCOC(=O)C(=Cc1ccc(C2CCCCCC2)cc1)C(=O)OCC. The molecule has 0 amide bonds. The van der Waals surface area contributed by atoms with Gasteiger partial charge in [-0.05, 0) is 49.8 Å². The van der Waals surface area contributed by atoms with Crippen LogP contribution in [-0.2, 0) is 19.1 Å². The molecule has 1 aromatic carbocycles. The smallest absolute Gasteiger partial charge is 0.345 e. The van der Waals surface area contributed by atoms with Gasteiger partial charge in [0.2, 0.25) is 0 Å². The molecule has 0 saturated heterocycles. The minimum absolute atomic E-state index is 0.0640. The number of benzene rings is 1. The average Bonchev–Trinajstić information content (AvgIpc) is 2.90. The van der Waals surface area contributed by atoms with Crippen molar-refractivity contribution in [1.82, 2.24) is 0 Å². The quantitative estimate of drug-likeness (QED) is 0.248. The van der Waals surface area contributed by atoms with Crippen LogP contribution in [0.2, 0.25) is 0 Å². The first-order chi connectivity index (χ1) is 12.2. The van der Waals surface area contributed by atoms with Gasteiger partial charge in [0.15, 0.2) is 0 Å². The van der Waals surface area contributed by atoms with Crippen molar-refractivity contribution in [3.63, 3.8) is 0 Å². The Kier molecular flexibility index (Phi) is 7.71.